The number of rotatable bonds is 1. The minimum atomic E-state index is -0.113. The Bertz CT molecular complexity index is 254. The molecule has 1 aromatic rings. The van der Waals surface area contributed by atoms with Gasteiger partial charge in [-0.25, -0.2) is 4.98 Å². The largest absolute Gasteiger partial charge is 0.319 e. The van der Waals surface area contributed by atoms with Crippen molar-refractivity contribution in [2.75, 3.05) is 0 Å². The highest BCUT2D eigenvalue weighted by atomic mass is 35.5. The predicted octanol–water partition coefficient (Wildman–Crippen LogP) is 1.74. The van der Waals surface area contributed by atoms with E-state index in [9.17, 15) is 0 Å². The summed E-state index contributed by atoms with van der Waals surface area (Å²) >= 11 is 7.19. The van der Waals surface area contributed by atoms with Crippen LogP contribution in [0, 0.1) is 0 Å². The molecule has 0 spiro atoms. The summed E-state index contributed by atoms with van der Waals surface area (Å²) in [4.78, 5) is 4.10. The van der Waals surface area contributed by atoms with E-state index in [1.807, 2.05) is 5.38 Å². The molecule has 2 rings (SSSR count). The lowest BCUT2D eigenvalue weighted by atomic mass is 10.3. The summed E-state index contributed by atoms with van der Waals surface area (Å²) in [5, 5.41) is 3.37. The van der Waals surface area contributed by atoms with Crippen LogP contribution in [0.15, 0.2) is 5.38 Å². The van der Waals surface area contributed by atoms with Crippen LogP contribution in [0.4, 0.5) is 0 Å². The van der Waals surface area contributed by atoms with Crippen molar-refractivity contribution < 1.29 is 0 Å². The lowest BCUT2D eigenvalue weighted by Gasteiger charge is -2.00. The van der Waals surface area contributed by atoms with Gasteiger partial charge in [0.1, 0.15) is 10.2 Å². The van der Waals surface area contributed by atoms with E-state index in [4.69, 9.17) is 17.3 Å². The van der Waals surface area contributed by atoms with Gasteiger partial charge in [-0.1, -0.05) is 11.6 Å². The Morgan fingerprint density at radius 2 is 2.40 bits per heavy atom. The number of hydrogen-bond donors (Lipinski definition) is 1. The van der Waals surface area contributed by atoms with Crippen LogP contribution in [0.3, 0.4) is 0 Å². The van der Waals surface area contributed by atoms with Crippen LogP contribution in [0.2, 0.25) is 5.15 Å². The molecule has 4 heteroatoms. The molecule has 54 valence electrons. The molecule has 0 aromatic carbocycles. The summed E-state index contributed by atoms with van der Waals surface area (Å²) in [5.74, 6) is 0. The molecule has 0 atom stereocenters. The SMILES string of the molecule is NC1(c2nc(Cl)cs2)CC1. The molecule has 2 nitrogen and oxygen atoms in total. The second-order valence-electron chi connectivity index (χ2n) is 2.63. The Hall–Kier alpha value is -0.120. The Morgan fingerprint density at radius 3 is 2.80 bits per heavy atom. The van der Waals surface area contributed by atoms with E-state index in [-0.39, 0.29) is 5.54 Å². The zero-order chi connectivity index (χ0) is 7.19. The zero-order valence-corrected chi connectivity index (χ0v) is 6.87. The third kappa shape index (κ3) is 0.944. The second-order valence-corrected chi connectivity index (χ2v) is 3.88. The molecule has 1 saturated carbocycles. The van der Waals surface area contributed by atoms with Gasteiger partial charge in [0.25, 0.3) is 0 Å². The van der Waals surface area contributed by atoms with E-state index in [0.717, 1.165) is 17.8 Å². The smallest absolute Gasteiger partial charge is 0.140 e. The Labute approximate surface area is 68.0 Å². The van der Waals surface area contributed by atoms with E-state index in [1.54, 1.807) is 11.3 Å². The molecule has 1 heterocycles. The summed E-state index contributed by atoms with van der Waals surface area (Å²) in [5.41, 5.74) is 5.76. The fraction of sp³-hybridized carbons (Fsp3) is 0.500. The molecular formula is C6H7ClN2S. The van der Waals surface area contributed by atoms with Crippen molar-refractivity contribution in [3.8, 4) is 0 Å². The molecule has 0 aliphatic heterocycles. The summed E-state index contributed by atoms with van der Waals surface area (Å²) in [6.45, 7) is 0. The minimum absolute atomic E-state index is 0.113. The van der Waals surface area contributed by atoms with Crippen molar-refractivity contribution in [3.63, 3.8) is 0 Å². The van der Waals surface area contributed by atoms with Crippen LogP contribution in [0.25, 0.3) is 0 Å². The van der Waals surface area contributed by atoms with E-state index >= 15 is 0 Å². The van der Waals surface area contributed by atoms with Crippen molar-refractivity contribution in [2.45, 2.75) is 18.4 Å². The first-order chi connectivity index (χ1) is 4.71. The van der Waals surface area contributed by atoms with Crippen LogP contribution < -0.4 is 5.73 Å². The van der Waals surface area contributed by atoms with Crippen molar-refractivity contribution in [3.05, 3.63) is 15.5 Å². The Balaban J connectivity index is 2.34. The van der Waals surface area contributed by atoms with Gasteiger partial charge in [0, 0.05) is 5.38 Å². The molecule has 1 fully saturated rings. The van der Waals surface area contributed by atoms with Gasteiger partial charge in [-0.05, 0) is 12.8 Å². The van der Waals surface area contributed by atoms with Gasteiger partial charge in [-0.3, -0.25) is 0 Å². The number of thiazole rings is 1. The molecule has 0 amide bonds. The fourth-order valence-electron chi connectivity index (χ4n) is 0.831. The zero-order valence-electron chi connectivity index (χ0n) is 5.30. The maximum absolute atomic E-state index is 5.87. The molecule has 1 aliphatic rings. The maximum Gasteiger partial charge on any atom is 0.140 e. The molecular weight excluding hydrogens is 168 g/mol. The molecule has 0 unspecified atom stereocenters. The average molecular weight is 175 g/mol. The van der Waals surface area contributed by atoms with Crippen LogP contribution >= 0.6 is 22.9 Å². The highest BCUT2D eigenvalue weighted by molar-refractivity contribution is 7.10. The first-order valence-electron chi connectivity index (χ1n) is 3.11. The van der Waals surface area contributed by atoms with Crippen molar-refractivity contribution in [1.29, 1.82) is 0 Å². The van der Waals surface area contributed by atoms with Gasteiger partial charge in [-0.2, -0.15) is 0 Å². The van der Waals surface area contributed by atoms with E-state index in [2.05, 4.69) is 4.98 Å². The van der Waals surface area contributed by atoms with E-state index in [1.165, 1.54) is 0 Å². The standard InChI is InChI=1S/C6H7ClN2S/c7-4-3-10-5(9-4)6(8)1-2-6/h3H,1-2,8H2. The molecule has 0 bridgehead atoms. The van der Waals surface area contributed by atoms with Crippen LogP contribution in [0.5, 0.6) is 0 Å². The fourth-order valence-corrected chi connectivity index (χ4v) is 1.95. The van der Waals surface area contributed by atoms with Crippen molar-refractivity contribution in [2.24, 2.45) is 5.73 Å². The van der Waals surface area contributed by atoms with Gasteiger partial charge in [0.2, 0.25) is 0 Å². The molecule has 0 saturated heterocycles. The summed E-state index contributed by atoms with van der Waals surface area (Å²) in [6.07, 6.45) is 2.10. The number of aromatic nitrogens is 1. The normalized spacial score (nSPS) is 21.0. The molecule has 1 aromatic heterocycles. The monoisotopic (exact) mass is 174 g/mol. The number of halogens is 1. The third-order valence-electron chi connectivity index (χ3n) is 1.69. The quantitative estimate of drug-likeness (QED) is 0.705. The van der Waals surface area contributed by atoms with Crippen LogP contribution in [-0.2, 0) is 5.54 Å². The Kier molecular flexibility index (Phi) is 1.27. The molecule has 10 heavy (non-hydrogen) atoms. The first-order valence-corrected chi connectivity index (χ1v) is 4.37. The van der Waals surface area contributed by atoms with E-state index < -0.39 is 0 Å². The number of nitrogens with two attached hydrogens (primary N) is 1. The minimum Gasteiger partial charge on any atom is -0.319 e. The maximum atomic E-state index is 5.87. The lowest BCUT2D eigenvalue weighted by molar-refractivity contribution is 0.731. The first kappa shape index (κ1) is 6.58. The molecule has 2 N–H and O–H groups in total. The summed E-state index contributed by atoms with van der Waals surface area (Å²) < 4.78 is 0. The van der Waals surface area contributed by atoms with Gasteiger partial charge in [-0.15, -0.1) is 11.3 Å². The molecule has 0 radical (unpaired) electrons. The van der Waals surface area contributed by atoms with Gasteiger partial charge < -0.3 is 5.73 Å². The average Bonchev–Trinajstić information content (AvgIpc) is 2.45. The lowest BCUT2D eigenvalue weighted by Crippen LogP contribution is -2.17. The third-order valence-corrected chi connectivity index (χ3v) is 3.08. The summed E-state index contributed by atoms with van der Waals surface area (Å²) in [6, 6.07) is 0. The number of nitrogens with zero attached hydrogens (tertiary/aromatic N) is 1. The summed E-state index contributed by atoms with van der Waals surface area (Å²) in [7, 11) is 0. The Morgan fingerprint density at radius 1 is 1.70 bits per heavy atom. The topological polar surface area (TPSA) is 38.9 Å². The van der Waals surface area contributed by atoms with E-state index in [0.29, 0.717) is 5.15 Å². The van der Waals surface area contributed by atoms with Gasteiger partial charge in [0.15, 0.2) is 0 Å². The van der Waals surface area contributed by atoms with Crippen molar-refractivity contribution >= 4 is 22.9 Å². The van der Waals surface area contributed by atoms with Crippen molar-refractivity contribution in [1.82, 2.24) is 4.98 Å². The van der Waals surface area contributed by atoms with Gasteiger partial charge >= 0.3 is 0 Å². The highest BCUT2D eigenvalue weighted by Crippen LogP contribution is 2.44. The number of hydrogen-bond acceptors (Lipinski definition) is 3. The highest BCUT2D eigenvalue weighted by Gasteiger charge is 2.42. The van der Waals surface area contributed by atoms with Gasteiger partial charge in [0.05, 0.1) is 5.54 Å². The molecule has 1 aliphatic carbocycles. The van der Waals surface area contributed by atoms with Crippen LogP contribution in [-0.4, -0.2) is 4.98 Å². The second kappa shape index (κ2) is 1.94. The predicted molar refractivity (Wildman–Crippen MR) is 42.2 cm³/mol. The van der Waals surface area contributed by atoms with Crippen LogP contribution in [0.1, 0.15) is 17.8 Å².